The van der Waals surface area contributed by atoms with Gasteiger partial charge in [-0.2, -0.15) is 0 Å². The number of nitrogens with zero attached hydrogens (tertiary/aromatic N) is 1. The Hall–Kier alpha value is -0.120. The lowest BCUT2D eigenvalue weighted by molar-refractivity contribution is 0.215. The first-order valence-corrected chi connectivity index (χ1v) is 4.33. The number of hydrogen-bond donors (Lipinski definition) is 2. The van der Waals surface area contributed by atoms with E-state index in [2.05, 4.69) is 11.8 Å². The predicted octanol–water partition coefficient (Wildman–Crippen LogP) is -0.352. The first-order valence-electron chi connectivity index (χ1n) is 4.33. The fourth-order valence-electron chi connectivity index (χ4n) is 1.64. The normalized spacial score (nSPS) is 29.2. The maximum absolute atomic E-state index is 8.68. The van der Waals surface area contributed by atoms with Crippen LogP contribution in [-0.4, -0.2) is 42.3 Å². The van der Waals surface area contributed by atoms with Gasteiger partial charge in [0, 0.05) is 19.1 Å². The third-order valence-electron chi connectivity index (χ3n) is 2.47. The van der Waals surface area contributed by atoms with Crippen molar-refractivity contribution in [1.29, 1.82) is 0 Å². The van der Waals surface area contributed by atoms with E-state index in [9.17, 15) is 0 Å². The highest BCUT2D eigenvalue weighted by atomic mass is 16.3. The summed E-state index contributed by atoms with van der Waals surface area (Å²) >= 11 is 0. The summed E-state index contributed by atoms with van der Waals surface area (Å²) in [7, 11) is 0. The SMILES string of the molecule is CC(N)C1CCN(CCO)C1. The Balaban J connectivity index is 2.23. The molecule has 0 saturated carbocycles. The van der Waals surface area contributed by atoms with Gasteiger partial charge in [-0.15, -0.1) is 0 Å². The summed E-state index contributed by atoms with van der Waals surface area (Å²) in [6, 6.07) is 0.304. The topological polar surface area (TPSA) is 49.5 Å². The summed E-state index contributed by atoms with van der Waals surface area (Å²) in [5, 5.41) is 8.68. The van der Waals surface area contributed by atoms with Crippen molar-refractivity contribution < 1.29 is 5.11 Å². The number of likely N-dealkylation sites (tertiary alicyclic amines) is 1. The van der Waals surface area contributed by atoms with Gasteiger partial charge in [-0.25, -0.2) is 0 Å². The minimum Gasteiger partial charge on any atom is -0.395 e. The lowest BCUT2D eigenvalue weighted by atomic mass is 10.0. The van der Waals surface area contributed by atoms with Crippen LogP contribution in [0.3, 0.4) is 0 Å². The van der Waals surface area contributed by atoms with E-state index < -0.39 is 0 Å². The summed E-state index contributed by atoms with van der Waals surface area (Å²) in [5.41, 5.74) is 5.77. The molecule has 3 N–H and O–H groups in total. The Morgan fingerprint density at radius 1 is 1.73 bits per heavy atom. The van der Waals surface area contributed by atoms with Crippen molar-refractivity contribution in [3.05, 3.63) is 0 Å². The highest BCUT2D eigenvalue weighted by molar-refractivity contribution is 4.80. The maximum atomic E-state index is 8.68. The van der Waals surface area contributed by atoms with Gasteiger partial charge in [-0.1, -0.05) is 0 Å². The van der Waals surface area contributed by atoms with Crippen molar-refractivity contribution in [2.75, 3.05) is 26.2 Å². The van der Waals surface area contributed by atoms with Crippen LogP contribution in [-0.2, 0) is 0 Å². The van der Waals surface area contributed by atoms with E-state index in [1.54, 1.807) is 0 Å². The van der Waals surface area contributed by atoms with Crippen LogP contribution in [0.1, 0.15) is 13.3 Å². The molecule has 2 atom stereocenters. The Labute approximate surface area is 68.2 Å². The van der Waals surface area contributed by atoms with Crippen molar-refractivity contribution in [3.8, 4) is 0 Å². The number of aliphatic hydroxyl groups is 1. The van der Waals surface area contributed by atoms with E-state index in [1.165, 1.54) is 6.42 Å². The van der Waals surface area contributed by atoms with Crippen LogP contribution < -0.4 is 5.73 Å². The van der Waals surface area contributed by atoms with E-state index in [0.717, 1.165) is 19.6 Å². The molecule has 0 aromatic rings. The zero-order valence-electron chi connectivity index (χ0n) is 7.16. The number of hydrogen-bond acceptors (Lipinski definition) is 3. The van der Waals surface area contributed by atoms with Gasteiger partial charge >= 0.3 is 0 Å². The van der Waals surface area contributed by atoms with Crippen molar-refractivity contribution in [1.82, 2.24) is 4.90 Å². The minimum atomic E-state index is 0.270. The molecule has 0 radical (unpaired) electrons. The van der Waals surface area contributed by atoms with Gasteiger partial charge < -0.3 is 15.7 Å². The highest BCUT2D eigenvalue weighted by Gasteiger charge is 2.24. The van der Waals surface area contributed by atoms with Crippen LogP contribution in [0, 0.1) is 5.92 Å². The molecule has 11 heavy (non-hydrogen) atoms. The monoisotopic (exact) mass is 158 g/mol. The molecule has 1 rings (SSSR count). The fourth-order valence-corrected chi connectivity index (χ4v) is 1.64. The molecule has 0 aromatic carbocycles. The van der Waals surface area contributed by atoms with Crippen LogP contribution in [0.2, 0.25) is 0 Å². The van der Waals surface area contributed by atoms with E-state index in [4.69, 9.17) is 10.8 Å². The molecular formula is C8H18N2O. The smallest absolute Gasteiger partial charge is 0.0558 e. The van der Waals surface area contributed by atoms with Crippen molar-refractivity contribution >= 4 is 0 Å². The van der Waals surface area contributed by atoms with Crippen LogP contribution in [0.4, 0.5) is 0 Å². The summed E-state index contributed by atoms with van der Waals surface area (Å²) in [5.74, 6) is 0.640. The molecule has 0 spiro atoms. The van der Waals surface area contributed by atoms with E-state index in [1.807, 2.05) is 0 Å². The summed E-state index contributed by atoms with van der Waals surface area (Å²) < 4.78 is 0. The average molecular weight is 158 g/mol. The number of nitrogens with two attached hydrogens (primary N) is 1. The number of aliphatic hydroxyl groups excluding tert-OH is 1. The van der Waals surface area contributed by atoms with Crippen molar-refractivity contribution in [2.24, 2.45) is 11.7 Å². The molecule has 0 bridgehead atoms. The maximum Gasteiger partial charge on any atom is 0.0558 e. The van der Waals surface area contributed by atoms with Crippen molar-refractivity contribution in [2.45, 2.75) is 19.4 Å². The summed E-state index contributed by atoms with van der Waals surface area (Å²) in [4.78, 5) is 2.27. The van der Waals surface area contributed by atoms with E-state index >= 15 is 0 Å². The Bertz CT molecular complexity index is 117. The molecule has 0 aromatic heterocycles. The van der Waals surface area contributed by atoms with Crippen LogP contribution >= 0.6 is 0 Å². The van der Waals surface area contributed by atoms with Crippen LogP contribution in [0.5, 0.6) is 0 Å². The first-order chi connectivity index (χ1) is 5.24. The quantitative estimate of drug-likeness (QED) is 0.590. The zero-order valence-corrected chi connectivity index (χ0v) is 7.16. The highest BCUT2D eigenvalue weighted by Crippen LogP contribution is 2.17. The average Bonchev–Trinajstić information content (AvgIpc) is 2.37. The number of β-amino-alcohol motifs (C(OH)–C–C–N with tert-alkyl or cyclic N) is 1. The lowest BCUT2D eigenvalue weighted by Crippen LogP contribution is -2.30. The van der Waals surface area contributed by atoms with Gasteiger partial charge in [-0.3, -0.25) is 0 Å². The third kappa shape index (κ3) is 2.43. The molecular weight excluding hydrogens is 140 g/mol. The Morgan fingerprint density at radius 3 is 2.91 bits per heavy atom. The molecule has 1 heterocycles. The summed E-state index contributed by atoms with van der Waals surface area (Å²) in [6.45, 7) is 5.31. The predicted molar refractivity (Wildman–Crippen MR) is 45.3 cm³/mol. The van der Waals surface area contributed by atoms with E-state index in [-0.39, 0.29) is 6.61 Å². The van der Waals surface area contributed by atoms with Crippen molar-refractivity contribution in [3.63, 3.8) is 0 Å². The Morgan fingerprint density at radius 2 is 2.45 bits per heavy atom. The lowest BCUT2D eigenvalue weighted by Gasteiger charge is -2.16. The molecule has 2 unspecified atom stereocenters. The first kappa shape index (κ1) is 8.97. The summed E-state index contributed by atoms with van der Waals surface area (Å²) in [6.07, 6.45) is 1.19. The van der Waals surface area contributed by atoms with Crippen LogP contribution in [0.15, 0.2) is 0 Å². The second kappa shape index (κ2) is 4.04. The van der Waals surface area contributed by atoms with Gasteiger partial charge in [-0.05, 0) is 25.8 Å². The largest absolute Gasteiger partial charge is 0.395 e. The fraction of sp³-hybridized carbons (Fsp3) is 1.00. The van der Waals surface area contributed by atoms with Gasteiger partial charge in [0.15, 0.2) is 0 Å². The second-order valence-corrected chi connectivity index (χ2v) is 3.43. The molecule has 0 aliphatic carbocycles. The van der Waals surface area contributed by atoms with Gasteiger partial charge in [0.25, 0.3) is 0 Å². The Kier molecular flexibility index (Phi) is 3.30. The third-order valence-corrected chi connectivity index (χ3v) is 2.47. The number of rotatable bonds is 3. The minimum absolute atomic E-state index is 0.270. The zero-order chi connectivity index (χ0) is 8.27. The van der Waals surface area contributed by atoms with Crippen LogP contribution in [0.25, 0.3) is 0 Å². The standard InChI is InChI=1S/C8H18N2O/c1-7(9)8-2-3-10(6-8)4-5-11/h7-8,11H,2-6,9H2,1H3. The molecule has 1 aliphatic rings. The molecule has 0 amide bonds. The molecule has 3 nitrogen and oxygen atoms in total. The van der Waals surface area contributed by atoms with E-state index in [0.29, 0.717) is 12.0 Å². The van der Waals surface area contributed by atoms with Gasteiger partial charge in [0.05, 0.1) is 6.61 Å². The molecule has 1 aliphatic heterocycles. The second-order valence-electron chi connectivity index (χ2n) is 3.43. The molecule has 1 saturated heterocycles. The molecule has 3 heteroatoms. The van der Waals surface area contributed by atoms with Gasteiger partial charge in [0.2, 0.25) is 0 Å². The van der Waals surface area contributed by atoms with Gasteiger partial charge in [0.1, 0.15) is 0 Å². The molecule has 1 fully saturated rings. The molecule has 66 valence electrons.